The second-order valence-electron chi connectivity index (χ2n) is 9.15. The number of para-hydroxylation sites is 1. The lowest BCUT2D eigenvalue weighted by molar-refractivity contribution is 0.237. The van der Waals surface area contributed by atoms with Crippen LogP contribution in [-0.2, 0) is 16.4 Å². The van der Waals surface area contributed by atoms with Gasteiger partial charge in [0, 0.05) is 24.5 Å². The predicted octanol–water partition coefficient (Wildman–Crippen LogP) is 4.33. The molecule has 0 aliphatic heterocycles. The number of rotatable bonds is 8. The number of aromatic nitrogens is 1. The number of hydrogen-bond donors (Lipinski definition) is 3. The van der Waals surface area contributed by atoms with Gasteiger partial charge in [0.05, 0.1) is 10.4 Å². The number of pyridine rings is 1. The van der Waals surface area contributed by atoms with Gasteiger partial charge in [0.25, 0.3) is 10.0 Å². The highest BCUT2D eigenvalue weighted by Gasteiger charge is 2.21. The maximum atomic E-state index is 12.8. The molecule has 9 nitrogen and oxygen atoms in total. The van der Waals surface area contributed by atoms with Crippen LogP contribution in [0.15, 0.2) is 65.6 Å². The van der Waals surface area contributed by atoms with E-state index < -0.39 is 16.1 Å². The topological polar surface area (TPSA) is 121 Å². The second kappa shape index (κ2) is 12.1. The Hall–Kier alpha value is -3.66. The van der Waals surface area contributed by atoms with E-state index in [1.54, 1.807) is 17.0 Å². The molecule has 1 aliphatic rings. The zero-order valence-corrected chi connectivity index (χ0v) is 21.8. The van der Waals surface area contributed by atoms with Crippen LogP contribution in [0.3, 0.4) is 0 Å². The molecule has 196 valence electrons. The summed E-state index contributed by atoms with van der Waals surface area (Å²) in [6, 6.07) is 16.9. The zero-order chi connectivity index (χ0) is 26.3. The van der Waals surface area contributed by atoms with Crippen LogP contribution < -0.4 is 20.3 Å². The Balaban J connectivity index is 1.28. The van der Waals surface area contributed by atoms with Crippen molar-refractivity contribution in [3.05, 3.63) is 66.2 Å². The molecule has 3 aromatic rings. The van der Waals surface area contributed by atoms with Gasteiger partial charge in [-0.1, -0.05) is 49.6 Å². The van der Waals surface area contributed by atoms with Crippen LogP contribution in [0.1, 0.15) is 44.6 Å². The third kappa shape index (κ3) is 6.97. The van der Waals surface area contributed by atoms with Crippen LogP contribution in [0.2, 0.25) is 0 Å². The lowest BCUT2D eigenvalue weighted by atomic mass is 9.96. The average molecular weight is 524 g/mol. The summed E-state index contributed by atoms with van der Waals surface area (Å²) < 4.78 is 27.3. The lowest BCUT2D eigenvalue weighted by Crippen LogP contribution is -2.45. The van der Waals surface area contributed by atoms with Crippen LogP contribution in [-0.4, -0.2) is 44.6 Å². The Kier molecular flexibility index (Phi) is 8.60. The van der Waals surface area contributed by atoms with Gasteiger partial charge in [-0.15, -0.1) is 0 Å². The van der Waals surface area contributed by atoms with Crippen molar-refractivity contribution >= 4 is 38.8 Å². The number of carbonyl (C=O) groups is 2. The van der Waals surface area contributed by atoms with E-state index in [1.807, 2.05) is 43.3 Å². The number of sulfonamides is 1. The van der Waals surface area contributed by atoms with Crippen molar-refractivity contribution in [2.24, 2.45) is 0 Å². The van der Waals surface area contributed by atoms with E-state index in [2.05, 4.69) is 20.3 Å². The Morgan fingerprint density at radius 1 is 0.973 bits per heavy atom. The molecule has 1 aliphatic carbocycles. The SMILES string of the molecule is CCN(C(=O)NCCc1ccc(S(=O)(=O)NC(=O)NC2CCCCC2)cc1)c1ccc2ccccc2n1. The molecule has 0 saturated heterocycles. The fourth-order valence-electron chi connectivity index (χ4n) is 4.50. The average Bonchev–Trinajstić information content (AvgIpc) is 2.89. The molecule has 37 heavy (non-hydrogen) atoms. The molecule has 10 heteroatoms. The molecule has 2 aromatic carbocycles. The first-order chi connectivity index (χ1) is 17.9. The molecule has 0 atom stereocenters. The van der Waals surface area contributed by atoms with E-state index in [9.17, 15) is 18.0 Å². The summed E-state index contributed by atoms with van der Waals surface area (Å²) in [6.07, 6.45) is 5.48. The third-order valence-electron chi connectivity index (χ3n) is 6.51. The van der Waals surface area contributed by atoms with Gasteiger partial charge in [-0.3, -0.25) is 4.90 Å². The highest BCUT2D eigenvalue weighted by molar-refractivity contribution is 7.90. The quantitative estimate of drug-likeness (QED) is 0.406. The summed E-state index contributed by atoms with van der Waals surface area (Å²) in [5, 5.41) is 6.66. The zero-order valence-electron chi connectivity index (χ0n) is 20.9. The van der Waals surface area contributed by atoms with Crippen molar-refractivity contribution in [3.63, 3.8) is 0 Å². The highest BCUT2D eigenvalue weighted by atomic mass is 32.2. The third-order valence-corrected chi connectivity index (χ3v) is 7.86. The minimum atomic E-state index is -3.97. The van der Waals surface area contributed by atoms with E-state index in [1.165, 1.54) is 12.1 Å². The van der Waals surface area contributed by atoms with E-state index in [-0.39, 0.29) is 17.0 Å². The number of amides is 4. The van der Waals surface area contributed by atoms with Crippen LogP contribution >= 0.6 is 0 Å². The Labute approximate surface area is 217 Å². The number of anilines is 1. The van der Waals surface area contributed by atoms with E-state index >= 15 is 0 Å². The van der Waals surface area contributed by atoms with Gasteiger partial charge < -0.3 is 10.6 Å². The molecule has 0 spiro atoms. The van der Waals surface area contributed by atoms with Crippen LogP contribution in [0.4, 0.5) is 15.4 Å². The highest BCUT2D eigenvalue weighted by Crippen LogP contribution is 2.19. The molecular weight excluding hydrogens is 490 g/mol. The first-order valence-corrected chi connectivity index (χ1v) is 14.2. The minimum absolute atomic E-state index is 0.0126. The largest absolute Gasteiger partial charge is 0.337 e. The smallest absolute Gasteiger partial charge is 0.328 e. The van der Waals surface area contributed by atoms with Crippen LogP contribution in [0, 0.1) is 0 Å². The normalized spacial score (nSPS) is 14.2. The molecule has 1 fully saturated rings. The fourth-order valence-corrected chi connectivity index (χ4v) is 5.42. The minimum Gasteiger partial charge on any atom is -0.337 e. The van der Waals surface area contributed by atoms with Crippen molar-refractivity contribution in [1.29, 1.82) is 0 Å². The second-order valence-corrected chi connectivity index (χ2v) is 10.8. The molecule has 0 bridgehead atoms. The molecule has 0 radical (unpaired) electrons. The maximum absolute atomic E-state index is 12.8. The predicted molar refractivity (Wildman–Crippen MR) is 144 cm³/mol. The summed E-state index contributed by atoms with van der Waals surface area (Å²) >= 11 is 0. The summed E-state index contributed by atoms with van der Waals surface area (Å²) in [7, 11) is -3.97. The van der Waals surface area contributed by atoms with Crippen LogP contribution in [0.5, 0.6) is 0 Å². The van der Waals surface area contributed by atoms with Gasteiger partial charge in [-0.05, 0) is 62.1 Å². The summed E-state index contributed by atoms with van der Waals surface area (Å²) in [5.74, 6) is 0.577. The van der Waals surface area contributed by atoms with Gasteiger partial charge in [0.2, 0.25) is 0 Å². The molecule has 4 amide bonds. The van der Waals surface area contributed by atoms with Crippen molar-refractivity contribution in [1.82, 2.24) is 20.3 Å². The molecular formula is C27H33N5O4S. The number of urea groups is 2. The van der Waals surface area contributed by atoms with Gasteiger partial charge in [0.15, 0.2) is 0 Å². The Bertz CT molecular complexity index is 1340. The Morgan fingerprint density at radius 2 is 1.70 bits per heavy atom. The van der Waals surface area contributed by atoms with Crippen molar-refractivity contribution in [2.45, 2.75) is 56.4 Å². The van der Waals surface area contributed by atoms with Gasteiger partial charge >= 0.3 is 12.1 Å². The first-order valence-electron chi connectivity index (χ1n) is 12.7. The first kappa shape index (κ1) is 26.4. The van der Waals surface area contributed by atoms with Crippen molar-refractivity contribution < 1.29 is 18.0 Å². The number of nitrogens with zero attached hydrogens (tertiary/aromatic N) is 2. The number of benzene rings is 2. The van der Waals surface area contributed by atoms with E-state index in [4.69, 9.17) is 0 Å². The van der Waals surface area contributed by atoms with Crippen molar-refractivity contribution in [3.8, 4) is 0 Å². The van der Waals surface area contributed by atoms with E-state index in [0.717, 1.165) is 48.6 Å². The van der Waals surface area contributed by atoms with Gasteiger partial charge in [-0.2, -0.15) is 0 Å². The summed E-state index contributed by atoms with van der Waals surface area (Å²) in [4.78, 5) is 31.1. The molecule has 1 heterocycles. The van der Waals surface area contributed by atoms with Gasteiger partial charge in [-0.25, -0.2) is 27.7 Å². The molecule has 1 saturated carbocycles. The fraction of sp³-hybridized carbons (Fsp3) is 0.370. The molecule has 1 aromatic heterocycles. The number of hydrogen-bond acceptors (Lipinski definition) is 5. The Morgan fingerprint density at radius 3 is 2.43 bits per heavy atom. The van der Waals surface area contributed by atoms with Gasteiger partial charge in [0.1, 0.15) is 5.82 Å². The summed E-state index contributed by atoms with van der Waals surface area (Å²) in [5.41, 5.74) is 1.68. The van der Waals surface area contributed by atoms with Crippen molar-refractivity contribution in [2.75, 3.05) is 18.0 Å². The monoisotopic (exact) mass is 523 g/mol. The lowest BCUT2D eigenvalue weighted by Gasteiger charge is -2.22. The number of fused-ring (bicyclic) bond motifs is 1. The number of nitrogens with one attached hydrogen (secondary N) is 3. The molecule has 4 rings (SSSR count). The number of carbonyl (C=O) groups excluding carboxylic acids is 2. The van der Waals surface area contributed by atoms with Crippen LogP contribution in [0.25, 0.3) is 10.9 Å². The van der Waals surface area contributed by atoms with E-state index in [0.29, 0.717) is 25.3 Å². The standard InChI is InChI=1S/C27H33N5O4S/c1-2-32(25-17-14-21-8-6-7-11-24(21)30-25)27(34)28-19-18-20-12-15-23(16-13-20)37(35,36)31-26(33)29-22-9-4-3-5-10-22/h6-8,11-17,22H,2-5,9-10,18-19H2,1H3,(H,28,34)(H2,29,31,33). The maximum Gasteiger partial charge on any atom is 0.328 e. The molecule has 0 unspecified atom stereocenters. The molecule has 3 N–H and O–H groups in total. The summed E-state index contributed by atoms with van der Waals surface area (Å²) in [6.45, 7) is 2.72.